The Balaban J connectivity index is 2.05. The lowest BCUT2D eigenvalue weighted by atomic mass is 9.88. The highest BCUT2D eigenvalue weighted by Gasteiger charge is 2.20. The van der Waals surface area contributed by atoms with E-state index in [9.17, 15) is 4.79 Å². The summed E-state index contributed by atoms with van der Waals surface area (Å²) in [6.45, 7) is 0. The number of hydrogen-bond acceptors (Lipinski definition) is 2. The van der Waals surface area contributed by atoms with Gasteiger partial charge in [-0.25, -0.2) is 0 Å². The van der Waals surface area contributed by atoms with E-state index in [4.69, 9.17) is 4.42 Å². The number of aryl methyl sites for hydroxylation is 1. The molecule has 0 N–H and O–H groups in total. The van der Waals surface area contributed by atoms with Gasteiger partial charge in [-0.3, -0.25) is 4.79 Å². The third-order valence-electron chi connectivity index (χ3n) is 3.06. The summed E-state index contributed by atoms with van der Waals surface area (Å²) in [5.41, 5.74) is 3.05. The van der Waals surface area contributed by atoms with Gasteiger partial charge in [0.2, 0.25) is 5.78 Å². The predicted molar refractivity (Wildman–Crippen MR) is 65.8 cm³/mol. The summed E-state index contributed by atoms with van der Waals surface area (Å²) in [6.07, 6.45) is 5.46. The first-order valence-corrected chi connectivity index (χ1v) is 5.73. The second kappa shape index (κ2) is 4.06. The summed E-state index contributed by atoms with van der Waals surface area (Å²) in [7, 11) is 0. The highest BCUT2D eigenvalue weighted by Crippen LogP contribution is 2.28. The molecule has 2 heteroatoms. The molecule has 0 unspecified atom stereocenters. The van der Waals surface area contributed by atoms with Crippen molar-refractivity contribution in [1.29, 1.82) is 0 Å². The van der Waals surface area contributed by atoms with Crippen LogP contribution in [0.5, 0.6) is 0 Å². The molecule has 1 aromatic carbocycles. The lowest BCUT2D eigenvalue weighted by Gasteiger charge is -2.15. The molecule has 1 aliphatic carbocycles. The highest BCUT2D eigenvalue weighted by molar-refractivity contribution is 6.28. The van der Waals surface area contributed by atoms with Crippen LogP contribution in [0.3, 0.4) is 0 Å². The zero-order valence-electron chi connectivity index (χ0n) is 9.35. The monoisotopic (exact) mass is 224 g/mol. The van der Waals surface area contributed by atoms with Crippen LogP contribution in [0.4, 0.5) is 0 Å². The minimum Gasteiger partial charge on any atom is -0.461 e. The molecule has 17 heavy (non-hydrogen) atoms. The van der Waals surface area contributed by atoms with Gasteiger partial charge in [0.05, 0.1) is 6.26 Å². The molecular formula is C15H12O2. The van der Waals surface area contributed by atoms with E-state index < -0.39 is 0 Å². The minimum atomic E-state index is -0.0258. The van der Waals surface area contributed by atoms with Crippen molar-refractivity contribution < 1.29 is 9.21 Å². The smallest absolute Gasteiger partial charge is 0.228 e. The normalized spacial score (nSPS) is 14.0. The van der Waals surface area contributed by atoms with E-state index in [2.05, 4.69) is 6.07 Å². The van der Waals surface area contributed by atoms with Crippen molar-refractivity contribution in [3.05, 3.63) is 65.6 Å². The molecule has 2 nitrogen and oxygen atoms in total. The Bertz CT molecular complexity index is 577. The molecule has 0 spiro atoms. The van der Waals surface area contributed by atoms with Gasteiger partial charge in [-0.05, 0) is 36.1 Å². The number of rotatable bonds is 2. The Hall–Kier alpha value is -2.09. The first-order chi connectivity index (χ1) is 8.36. The SMILES string of the molecule is O=C(C1=CCCc2ccccc21)c1ccco1. The maximum atomic E-state index is 12.3. The Morgan fingerprint density at radius 1 is 1.12 bits per heavy atom. The molecule has 0 saturated heterocycles. The van der Waals surface area contributed by atoms with Crippen LogP contribution in [0.2, 0.25) is 0 Å². The summed E-state index contributed by atoms with van der Waals surface area (Å²) in [4.78, 5) is 12.3. The molecule has 1 aliphatic rings. The van der Waals surface area contributed by atoms with E-state index in [0.717, 1.165) is 24.0 Å². The van der Waals surface area contributed by atoms with Crippen LogP contribution >= 0.6 is 0 Å². The summed E-state index contributed by atoms with van der Waals surface area (Å²) >= 11 is 0. The first-order valence-electron chi connectivity index (χ1n) is 5.73. The van der Waals surface area contributed by atoms with Crippen molar-refractivity contribution in [2.24, 2.45) is 0 Å². The maximum Gasteiger partial charge on any atom is 0.228 e. The van der Waals surface area contributed by atoms with E-state index in [1.165, 1.54) is 11.8 Å². The zero-order chi connectivity index (χ0) is 11.7. The Morgan fingerprint density at radius 3 is 2.82 bits per heavy atom. The number of benzene rings is 1. The molecule has 0 bridgehead atoms. The quantitative estimate of drug-likeness (QED) is 0.731. The van der Waals surface area contributed by atoms with Gasteiger partial charge in [-0.15, -0.1) is 0 Å². The average molecular weight is 224 g/mol. The molecule has 0 atom stereocenters. The van der Waals surface area contributed by atoms with E-state index in [-0.39, 0.29) is 5.78 Å². The number of allylic oxidation sites excluding steroid dienone is 2. The topological polar surface area (TPSA) is 30.2 Å². The summed E-state index contributed by atoms with van der Waals surface area (Å²) in [5.74, 6) is 0.384. The second-order valence-electron chi connectivity index (χ2n) is 4.12. The summed E-state index contributed by atoms with van der Waals surface area (Å²) in [5, 5.41) is 0. The predicted octanol–water partition coefficient (Wildman–Crippen LogP) is 3.49. The van der Waals surface area contributed by atoms with Gasteiger partial charge in [-0.1, -0.05) is 30.3 Å². The van der Waals surface area contributed by atoms with Crippen molar-refractivity contribution in [2.45, 2.75) is 12.8 Å². The molecule has 0 fully saturated rings. The van der Waals surface area contributed by atoms with Crippen LogP contribution < -0.4 is 0 Å². The summed E-state index contributed by atoms with van der Waals surface area (Å²) < 4.78 is 5.17. The van der Waals surface area contributed by atoms with Gasteiger partial charge < -0.3 is 4.42 Å². The van der Waals surface area contributed by atoms with Crippen LogP contribution in [0, 0.1) is 0 Å². The van der Waals surface area contributed by atoms with Crippen LogP contribution in [0.1, 0.15) is 28.1 Å². The largest absolute Gasteiger partial charge is 0.461 e. The van der Waals surface area contributed by atoms with Gasteiger partial charge in [0.15, 0.2) is 5.76 Å². The standard InChI is InChI=1S/C15H12O2/c16-15(14-9-4-10-17-14)13-8-3-6-11-5-1-2-7-12(11)13/h1-2,4-5,7-10H,3,6H2. The highest BCUT2D eigenvalue weighted by atomic mass is 16.3. The second-order valence-corrected chi connectivity index (χ2v) is 4.12. The fourth-order valence-electron chi connectivity index (χ4n) is 2.24. The van der Waals surface area contributed by atoms with Gasteiger partial charge in [0.1, 0.15) is 0 Å². The molecule has 1 heterocycles. The molecule has 0 aliphatic heterocycles. The number of carbonyl (C=O) groups excluding carboxylic acids is 1. The van der Waals surface area contributed by atoms with Gasteiger partial charge in [-0.2, -0.15) is 0 Å². The maximum absolute atomic E-state index is 12.3. The van der Waals surface area contributed by atoms with Crippen molar-refractivity contribution in [3.8, 4) is 0 Å². The lowest BCUT2D eigenvalue weighted by molar-refractivity contribution is 0.103. The summed E-state index contributed by atoms with van der Waals surface area (Å²) in [6, 6.07) is 11.5. The lowest BCUT2D eigenvalue weighted by Crippen LogP contribution is -2.07. The van der Waals surface area contributed by atoms with Crippen LogP contribution in [0.25, 0.3) is 5.57 Å². The van der Waals surface area contributed by atoms with E-state index in [0.29, 0.717) is 5.76 Å². The van der Waals surface area contributed by atoms with E-state index in [1.54, 1.807) is 12.1 Å². The fraction of sp³-hybridized carbons (Fsp3) is 0.133. The third-order valence-corrected chi connectivity index (χ3v) is 3.06. The van der Waals surface area contributed by atoms with Crippen molar-refractivity contribution in [1.82, 2.24) is 0 Å². The Morgan fingerprint density at radius 2 is 2.00 bits per heavy atom. The van der Waals surface area contributed by atoms with Gasteiger partial charge >= 0.3 is 0 Å². The molecule has 1 aromatic heterocycles. The van der Waals surface area contributed by atoms with Crippen LogP contribution in [-0.4, -0.2) is 5.78 Å². The van der Waals surface area contributed by atoms with E-state index >= 15 is 0 Å². The Labute approximate surface area is 99.6 Å². The van der Waals surface area contributed by atoms with Gasteiger partial charge in [0.25, 0.3) is 0 Å². The number of fused-ring (bicyclic) bond motifs is 1. The van der Waals surface area contributed by atoms with Crippen molar-refractivity contribution in [3.63, 3.8) is 0 Å². The van der Waals surface area contributed by atoms with Gasteiger partial charge in [0, 0.05) is 5.57 Å². The zero-order valence-corrected chi connectivity index (χ0v) is 9.35. The Kier molecular flexibility index (Phi) is 2.41. The third kappa shape index (κ3) is 1.72. The molecule has 0 radical (unpaired) electrons. The molecule has 84 valence electrons. The average Bonchev–Trinajstić information content (AvgIpc) is 2.91. The molecule has 2 aromatic rings. The number of carbonyl (C=O) groups is 1. The van der Waals surface area contributed by atoms with Crippen molar-refractivity contribution in [2.75, 3.05) is 0 Å². The van der Waals surface area contributed by atoms with Crippen LogP contribution in [0.15, 0.2) is 53.2 Å². The number of ketones is 1. The molecule has 0 saturated carbocycles. The number of furan rings is 1. The first kappa shape index (κ1) is 10.1. The molecule has 0 amide bonds. The molecular weight excluding hydrogens is 212 g/mol. The van der Waals surface area contributed by atoms with Crippen LogP contribution in [-0.2, 0) is 6.42 Å². The number of Topliss-reactive ketones (excluding diaryl/α,β-unsaturated/α-hetero) is 1. The minimum absolute atomic E-state index is 0.0258. The van der Waals surface area contributed by atoms with Crippen molar-refractivity contribution >= 4 is 11.4 Å². The fourth-order valence-corrected chi connectivity index (χ4v) is 2.24. The number of hydrogen-bond donors (Lipinski definition) is 0. The van der Waals surface area contributed by atoms with E-state index in [1.807, 2.05) is 24.3 Å². The molecule has 3 rings (SSSR count).